The Kier molecular flexibility index (Phi) is 11.7. The van der Waals surface area contributed by atoms with Gasteiger partial charge in [0.1, 0.15) is 5.75 Å². The molecule has 154 valence electrons. The Labute approximate surface area is 178 Å². The topological polar surface area (TPSA) is 84.3 Å². The van der Waals surface area contributed by atoms with Gasteiger partial charge in [0.15, 0.2) is 5.96 Å². The molecule has 1 fully saturated rings. The highest BCUT2D eigenvalue weighted by atomic mass is 127. The van der Waals surface area contributed by atoms with E-state index in [4.69, 9.17) is 14.2 Å². The summed E-state index contributed by atoms with van der Waals surface area (Å²) in [4.78, 5) is 4.49. The van der Waals surface area contributed by atoms with E-state index in [1.807, 2.05) is 38.1 Å². The molecule has 1 aromatic carbocycles. The minimum Gasteiger partial charge on any atom is -0.497 e. The van der Waals surface area contributed by atoms with Crippen LogP contribution < -0.4 is 15.4 Å². The Bertz CT molecular complexity index is 568. The molecule has 0 saturated carbocycles. The fraction of sp³-hybridized carbons (Fsp3) is 0.632. The zero-order valence-corrected chi connectivity index (χ0v) is 18.6. The Morgan fingerprint density at radius 2 is 2.26 bits per heavy atom. The predicted molar refractivity (Wildman–Crippen MR) is 117 cm³/mol. The van der Waals surface area contributed by atoms with Crippen LogP contribution in [0, 0.1) is 0 Å². The summed E-state index contributed by atoms with van der Waals surface area (Å²) in [5.41, 5.74) is 0.779. The molecule has 1 heterocycles. The first-order valence-corrected chi connectivity index (χ1v) is 9.18. The fourth-order valence-electron chi connectivity index (χ4n) is 2.65. The third kappa shape index (κ3) is 8.63. The van der Waals surface area contributed by atoms with Gasteiger partial charge >= 0.3 is 0 Å². The van der Waals surface area contributed by atoms with Gasteiger partial charge in [-0.25, -0.2) is 0 Å². The number of halogens is 1. The molecule has 3 N–H and O–H groups in total. The van der Waals surface area contributed by atoms with Gasteiger partial charge in [0.05, 0.1) is 39.1 Å². The number of hydrogen-bond acceptors (Lipinski definition) is 5. The number of rotatable bonds is 9. The molecule has 8 heteroatoms. The lowest BCUT2D eigenvalue weighted by Gasteiger charge is -2.20. The van der Waals surface area contributed by atoms with E-state index in [0.717, 1.165) is 30.9 Å². The van der Waals surface area contributed by atoms with Gasteiger partial charge in [0.2, 0.25) is 0 Å². The van der Waals surface area contributed by atoms with Crippen LogP contribution in [0.1, 0.15) is 31.9 Å². The summed E-state index contributed by atoms with van der Waals surface area (Å²) >= 11 is 0. The molecule has 0 bridgehead atoms. The zero-order chi connectivity index (χ0) is 18.8. The first-order valence-electron chi connectivity index (χ1n) is 9.18. The summed E-state index contributed by atoms with van der Waals surface area (Å²) in [5.74, 6) is 1.38. The van der Waals surface area contributed by atoms with E-state index in [-0.39, 0.29) is 42.7 Å². The van der Waals surface area contributed by atoms with E-state index in [1.54, 1.807) is 7.11 Å². The van der Waals surface area contributed by atoms with Gasteiger partial charge in [0.25, 0.3) is 0 Å². The second-order valence-corrected chi connectivity index (χ2v) is 6.38. The van der Waals surface area contributed by atoms with Crippen LogP contribution in [-0.4, -0.2) is 63.2 Å². The number of aliphatic hydroxyl groups is 1. The predicted octanol–water partition coefficient (Wildman–Crippen LogP) is 2.10. The summed E-state index contributed by atoms with van der Waals surface area (Å²) in [7, 11) is 1.61. The summed E-state index contributed by atoms with van der Waals surface area (Å²) < 4.78 is 16.3. The molecule has 0 aromatic heterocycles. The maximum atomic E-state index is 10.4. The van der Waals surface area contributed by atoms with Crippen molar-refractivity contribution in [3.8, 4) is 5.75 Å². The maximum absolute atomic E-state index is 10.4. The van der Waals surface area contributed by atoms with Gasteiger partial charge in [-0.15, -0.1) is 24.0 Å². The Balaban J connectivity index is 0.00000364. The van der Waals surface area contributed by atoms with E-state index < -0.39 is 6.10 Å². The van der Waals surface area contributed by atoms with Crippen molar-refractivity contribution in [1.29, 1.82) is 0 Å². The van der Waals surface area contributed by atoms with Gasteiger partial charge in [-0.05, 0) is 38.0 Å². The molecule has 0 aliphatic carbocycles. The number of benzene rings is 1. The minimum absolute atomic E-state index is 0. The Hall–Kier alpha value is -1.10. The quantitative estimate of drug-likeness (QED) is 0.278. The summed E-state index contributed by atoms with van der Waals surface area (Å²) in [5, 5.41) is 16.9. The van der Waals surface area contributed by atoms with E-state index in [1.165, 1.54) is 0 Å². The van der Waals surface area contributed by atoms with E-state index >= 15 is 0 Å². The fourth-order valence-corrected chi connectivity index (χ4v) is 2.65. The van der Waals surface area contributed by atoms with Crippen LogP contribution in [0.15, 0.2) is 29.3 Å². The van der Waals surface area contributed by atoms with Crippen LogP contribution in [0.3, 0.4) is 0 Å². The lowest BCUT2D eigenvalue weighted by Crippen LogP contribution is -2.44. The van der Waals surface area contributed by atoms with Gasteiger partial charge < -0.3 is 30.0 Å². The third-order valence-electron chi connectivity index (χ3n) is 4.10. The van der Waals surface area contributed by atoms with Gasteiger partial charge in [0, 0.05) is 19.2 Å². The normalized spacial score (nSPS) is 19.1. The lowest BCUT2D eigenvalue weighted by molar-refractivity contribution is 0.0347. The van der Waals surface area contributed by atoms with Gasteiger partial charge in [-0.2, -0.15) is 0 Å². The number of nitrogens with one attached hydrogen (secondary N) is 2. The average Bonchev–Trinajstić information content (AvgIpc) is 3.18. The van der Waals surface area contributed by atoms with Gasteiger partial charge in [-0.1, -0.05) is 12.1 Å². The van der Waals surface area contributed by atoms with Crippen molar-refractivity contribution in [3.63, 3.8) is 0 Å². The molecular formula is C19H32IN3O4. The summed E-state index contributed by atoms with van der Waals surface area (Å²) in [6.07, 6.45) is 0.449. The molecule has 0 spiro atoms. The number of aliphatic imine (C=N–C) groups is 1. The van der Waals surface area contributed by atoms with Crippen molar-refractivity contribution in [2.45, 2.75) is 38.5 Å². The number of nitrogens with zero attached hydrogens (tertiary/aromatic N) is 1. The van der Waals surface area contributed by atoms with Crippen molar-refractivity contribution in [2.24, 2.45) is 4.99 Å². The molecule has 2 rings (SSSR count). The first kappa shape index (κ1) is 23.9. The Morgan fingerprint density at radius 1 is 1.44 bits per heavy atom. The highest BCUT2D eigenvalue weighted by Gasteiger charge is 2.17. The van der Waals surface area contributed by atoms with Crippen molar-refractivity contribution >= 4 is 29.9 Å². The molecule has 0 radical (unpaired) electrons. The van der Waals surface area contributed by atoms with Gasteiger partial charge in [-0.3, -0.25) is 4.99 Å². The van der Waals surface area contributed by atoms with Crippen molar-refractivity contribution < 1.29 is 19.3 Å². The molecule has 1 saturated heterocycles. The highest BCUT2D eigenvalue weighted by molar-refractivity contribution is 14.0. The van der Waals surface area contributed by atoms with Crippen LogP contribution in [0.4, 0.5) is 0 Å². The third-order valence-corrected chi connectivity index (χ3v) is 4.10. The highest BCUT2D eigenvalue weighted by Crippen LogP contribution is 2.19. The number of guanidine groups is 1. The Morgan fingerprint density at radius 3 is 2.93 bits per heavy atom. The average molecular weight is 493 g/mol. The maximum Gasteiger partial charge on any atom is 0.191 e. The molecule has 0 amide bonds. The van der Waals surface area contributed by atoms with Crippen molar-refractivity contribution in [3.05, 3.63) is 29.8 Å². The molecular weight excluding hydrogens is 461 g/mol. The van der Waals surface area contributed by atoms with Crippen molar-refractivity contribution in [2.75, 3.05) is 40.0 Å². The van der Waals surface area contributed by atoms with Crippen LogP contribution in [0.5, 0.6) is 5.75 Å². The first-order chi connectivity index (χ1) is 12.6. The number of aliphatic hydroxyl groups excluding tert-OH is 1. The number of hydrogen-bond donors (Lipinski definition) is 3. The smallest absolute Gasteiger partial charge is 0.191 e. The second-order valence-electron chi connectivity index (χ2n) is 6.38. The zero-order valence-electron chi connectivity index (χ0n) is 16.3. The van der Waals surface area contributed by atoms with Crippen LogP contribution in [0.25, 0.3) is 0 Å². The molecule has 7 nitrogen and oxygen atoms in total. The van der Waals surface area contributed by atoms with Crippen LogP contribution >= 0.6 is 24.0 Å². The monoisotopic (exact) mass is 493 g/mol. The molecule has 1 aromatic rings. The standard InChI is InChI=1S/C19H31N3O4.HI/c1-4-20-19(22-14(2)12-26-17-8-9-25-13-17)21-11-18(23)15-6-5-7-16(10-15)24-3;/h5-7,10,14,17-18,23H,4,8-9,11-13H2,1-3H3,(H2,20,21,22);1H. The summed E-state index contributed by atoms with van der Waals surface area (Å²) in [6.45, 7) is 7.08. The molecule has 3 unspecified atom stereocenters. The second kappa shape index (κ2) is 13.1. The summed E-state index contributed by atoms with van der Waals surface area (Å²) in [6, 6.07) is 7.49. The number of methoxy groups -OCH3 is 1. The molecule has 1 aliphatic rings. The van der Waals surface area contributed by atoms with Crippen LogP contribution in [-0.2, 0) is 9.47 Å². The van der Waals surface area contributed by atoms with E-state index in [9.17, 15) is 5.11 Å². The molecule has 27 heavy (non-hydrogen) atoms. The SMILES string of the molecule is CCNC(=NCC(O)c1cccc(OC)c1)NC(C)COC1CCOC1.I. The molecule has 1 aliphatic heterocycles. The minimum atomic E-state index is -0.692. The number of ether oxygens (including phenoxy) is 3. The van der Waals surface area contributed by atoms with Crippen LogP contribution in [0.2, 0.25) is 0 Å². The van der Waals surface area contributed by atoms with E-state index in [0.29, 0.717) is 19.2 Å². The lowest BCUT2D eigenvalue weighted by atomic mass is 10.1. The molecule has 3 atom stereocenters. The van der Waals surface area contributed by atoms with Crippen molar-refractivity contribution in [1.82, 2.24) is 10.6 Å². The largest absolute Gasteiger partial charge is 0.497 e. The van der Waals surface area contributed by atoms with E-state index in [2.05, 4.69) is 15.6 Å².